The predicted molar refractivity (Wildman–Crippen MR) is 81.9 cm³/mol. The van der Waals surface area contributed by atoms with Gasteiger partial charge in [0.15, 0.2) is 0 Å². The number of nitrogens with zero attached hydrogens (tertiary/aromatic N) is 1. The third-order valence-corrected chi connectivity index (χ3v) is 4.29. The molecule has 2 aromatic carbocycles. The molecular weight excluding hydrogens is 284 g/mol. The summed E-state index contributed by atoms with van der Waals surface area (Å²) in [5.74, 6) is -1.39. The van der Waals surface area contributed by atoms with Crippen LogP contribution in [0.25, 0.3) is 0 Å². The average molecular weight is 301 g/mol. The Morgan fingerprint density at radius 1 is 1.14 bits per heavy atom. The lowest BCUT2D eigenvalue weighted by molar-refractivity contribution is -0.122. The fraction of sp³-hybridized carbons (Fsp3) is 0.278. The van der Waals surface area contributed by atoms with E-state index in [0.717, 1.165) is 11.6 Å². The number of anilines is 1. The third-order valence-electron chi connectivity index (χ3n) is 4.29. The Balaban J connectivity index is 1.99. The molecule has 22 heavy (non-hydrogen) atoms. The first-order valence-corrected chi connectivity index (χ1v) is 7.26. The van der Waals surface area contributed by atoms with E-state index in [1.54, 1.807) is 0 Å². The summed E-state index contributed by atoms with van der Waals surface area (Å²) in [6.07, 6.45) is 0.415. The lowest BCUT2D eigenvalue weighted by atomic mass is 9.83. The quantitative estimate of drug-likeness (QED) is 0.825. The maximum Gasteiger partial charge on any atom is 0.237 e. The van der Waals surface area contributed by atoms with Gasteiger partial charge in [-0.15, -0.1) is 0 Å². The van der Waals surface area contributed by atoms with Crippen molar-refractivity contribution in [3.63, 3.8) is 0 Å². The molecule has 4 heteroatoms. The third kappa shape index (κ3) is 2.28. The molecule has 2 aromatic rings. The molecule has 0 saturated carbocycles. The van der Waals surface area contributed by atoms with Gasteiger partial charge in [-0.1, -0.05) is 30.3 Å². The van der Waals surface area contributed by atoms with Crippen molar-refractivity contribution in [2.45, 2.75) is 25.7 Å². The molecule has 0 N–H and O–H groups in total. The molecule has 0 unspecified atom stereocenters. The minimum atomic E-state index is -0.758. The lowest BCUT2D eigenvalue weighted by Crippen LogP contribution is -2.42. The first-order chi connectivity index (χ1) is 10.4. The summed E-state index contributed by atoms with van der Waals surface area (Å²) in [5, 5.41) is 0. The number of carbonyl (C=O) groups is 1. The standard InChI is InChI=1S/C18H17F2NO/c1-18(2,12-6-4-3-5-7-12)17(22)21-9-8-14-15(20)10-13(19)11-16(14)21/h3-7,10-11H,8-9H2,1-2H3. The zero-order valence-electron chi connectivity index (χ0n) is 12.6. The number of halogens is 2. The van der Waals surface area contributed by atoms with Crippen LogP contribution < -0.4 is 4.90 Å². The maximum atomic E-state index is 13.8. The number of hydrogen-bond acceptors (Lipinski definition) is 1. The normalized spacial score (nSPS) is 14.1. The van der Waals surface area contributed by atoms with Crippen LogP contribution in [0.1, 0.15) is 25.0 Å². The van der Waals surface area contributed by atoms with Gasteiger partial charge in [-0.05, 0) is 31.9 Å². The highest BCUT2D eigenvalue weighted by Gasteiger charge is 2.37. The largest absolute Gasteiger partial charge is 0.311 e. The topological polar surface area (TPSA) is 20.3 Å². The van der Waals surface area contributed by atoms with Crippen LogP contribution in [0.5, 0.6) is 0 Å². The Labute approximate surface area is 128 Å². The lowest BCUT2D eigenvalue weighted by Gasteiger charge is -2.30. The summed E-state index contributed by atoms with van der Waals surface area (Å²) in [6, 6.07) is 11.5. The Morgan fingerprint density at radius 2 is 1.82 bits per heavy atom. The van der Waals surface area contributed by atoms with E-state index in [9.17, 15) is 13.6 Å². The second-order valence-electron chi connectivity index (χ2n) is 6.08. The van der Waals surface area contributed by atoms with Crippen molar-refractivity contribution >= 4 is 11.6 Å². The fourth-order valence-corrected chi connectivity index (χ4v) is 2.95. The molecule has 0 radical (unpaired) electrons. The van der Waals surface area contributed by atoms with Gasteiger partial charge in [-0.3, -0.25) is 4.79 Å². The van der Waals surface area contributed by atoms with E-state index in [1.807, 2.05) is 44.2 Å². The molecule has 2 nitrogen and oxygen atoms in total. The van der Waals surface area contributed by atoms with Crippen LogP contribution in [-0.4, -0.2) is 12.5 Å². The van der Waals surface area contributed by atoms with Gasteiger partial charge < -0.3 is 4.90 Å². The molecule has 0 aliphatic carbocycles. The molecule has 0 atom stereocenters. The first-order valence-electron chi connectivity index (χ1n) is 7.26. The maximum absolute atomic E-state index is 13.8. The van der Waals surface area contributed by atoms with Crippen LogP contribution in [0.15, 0.2) is 42.5 Å². The summed E-state index contributed by atoms with van der Waals surface area (Å²) >= 11 is 0. The number of fused-ring (bicyclic) bond motifs is 1. The van der Waals surface area contributed by atoms with E-state index in [4.69, 9.17) is 0 Å². The van der Waals surface area contributed by atoms with Crippen molar-refractivity contribution in [1.82, 2.24) is 0 Å². The number of amides is 1. The highest BCUT2D eigenvalue weighted by Crippen LogP contribution is 2.35. The molecule has 1 aliphatic heterocycles. The van der Waals surface area contributed by atoms with E-state index in [0.29, 0.717) is 24.2 Å². The van der Waals surface area contributed by atoms with E-state index in [2.05, 4.69) is 0 Å². The molecule has 0 fully saturated rings. The summed E-state index contributed by atoms with van der Waals surface area (Å²) in [6.45, 7) is 4.04. The van der Waals surface area contributed by atoms with Crippen molar-refractivity contribution in [1.29, 1.82) is 0 Å². The number of benzene rings is 2. The van der Waals surface area contributed by atoms with Gasteiger partial charge in [0.2, 0.25) is 5.91 Å². The van der Waals surface area contributed by atoms with Crippen molar-refractivity contribution in [3.05, 3.63) is 65.2 Å². The predicted octanol–water partition coefficient (Wildman–Crippen LogP) is 3.83. The summed E-state index contributed by atoms with van der Waals surface area (Å²) in [5.41, 5.74) is 0.890. The van der Waals surface area contributed by atoms with Crippen LogP contribution in [0.4, 0.5) is 14.5 Å². The van der Waals surface area contributed by atoms with Gasteiger partial charge in [0.05, 0.1) is 11.1 Å². The fourth-order valence-electron chi connectivity index (χ4n) is 2.95. The van der Waals surface area contributed by atoms with E-state index < -0.39 is 17.0 Å². The van der Waals surface area contributed by atoms with Gasteiger partial charge >= 0.3 is 0 Å². The molecule has 0 saturated heterocycles. The average Bonchev–Trinajstić information content (AvgIpc) is 2.91. The molecule has 1 amide bonds. The Kier molecular flexibility index (Phi) is 3.47. The smallest absolute Gasteiger partial charge is 0.237 e. The molecule has 3 rings (SSSR count). The van der Waals surface area contributed by atoms with Gasteiger partial charge in [0, 0.05) is 18.2 Å². The molecule has 0 aromatic heterocycles. The number of hydrogen-bond donors (Lipinski definition) is 0. The highest BCUT2D eigenvalue weighted by molar-refractivity contribution is 6.02. The summed E-state index contributed by atoms with van der Waals surface area (Å²) < 4.78 is 27.3. The molecule has 114 valence electrons. The zero-order chi connectivity index (χ0) is 15.9. The summed E-state index contributed by atoms with van der Waals surface area (Å²) in [7, 11) is 0. The molecule has 1 heterocycles. The minimum Gasteiger partial charge on any atom is -0.311 e. The van der Waals surface area contributed by atoms with Crippen LogP contribution >= 0.6 is 0 Å². The van der Waals surface area contributed by atoms with Gasteiger partial charge in [0.1, 0.15) is 11.6 Å². The van der Waals surface area contributed by atoms with Gasteiger partial charge in [-0.25, -0.2) is 8.78 Å². The molecule has 0 bridgehead atoms. The van der Waals surface area contributed by atoms with Crippen molar-refractivity contribution in [2.75, 3.05) is 11.4 Å². The molecule has 0 spiro atoms. The van der Waals surface area contributed by atoms with E-state index >= 15 is 0 Å². The first kappa shape index (κ1) is 14.7. The van der Waals surface area contributed by atoms with Crippen LogP contribution in [0.2, 0.25) is 0 Å². The zero-order valence-corrected chi connectivity index (χ0v) is 12.6. The van der Waals surface area contributed by atoms with E-state index in [-0.39, 0.29) is 5.91 Å². The second kappa shape index (κ2) is 5.20. The van der Waals surface area contributed by atoms with Crippen LogP contribution in [0, 0.1) is 11.6 Å². The monoisotopic (exact) mass is 301 g/mol. The SMILES string of the molecule is CC(C)(C(=O)N1CCc2c(F)cc(F)cc21)c1ccccc1. The van der Waals surface area contributed by atoms with Crippen molar-refractivity contribution < 1.29 is 13.6 Å². The van der Waals surface area contributed by atoms with Crippen molar-refractivity contribution in [2.24, 2.45) is 0 Å². The summed E-state index contributed by atoms with van der Waals surface area (Å²) in [4.78, 5) is 14.4. The Bertz CT molecular complexity index is 725. The Morgan fingerprint density at radius 3 is 2.50 bits per heavy atom. The number of rotatable bonds is 2. The van der Waals surface area contributed by atoms with E-state index in [1.165, 1.54) is 11.0 Å². The van der Waals surface area contributed by atoms with Gasteiger partial charge in [0.25, 0.3) is 0 Å². The molecular formula is C18H17F2NO. The van der Waals surface area contributed by atoms with Crippen LogP contribution in [0.3, 0.4) is 0 Å². The van der Waals surface area contributed by atoms with Gasteiger partial charge in [-0.2, -0.15) is 0 Å². The number of carbonyl (C=O) groups excluding carboxylic acids is 1. The highest BCUT2D eigenvalue weighted by atomic mass is 19.1. The van der Waals surface area contributed by atoms with Crippen LogP contribution in [-0.2, 0) is 16.6 Å². The second-order valence-corrected chi connectivity index (χ2v) is 6.08. The minimum absolute atomic E-state index is 0.151. The molecule has 1 aliphatic rings. The van der Waals surface area contributed by atoms with Crippen molar-refractivity contribution in [3.8, 4) is 0 Å². The Hall–Kier alpha value is -2.23.